The number of hydrogen-bond acceptors (Lipinski definition) is 4. The smallest absolute Gasteiger partial charge is 0.308 e. The molecule has 0 aromatic rings. The van der Waals surface area contributed by atoms with Gasteiger partial charge in [-0.05, 0) is 25.7 Å². The molecule has 2 rings (SSSR count). The molecule has 2 aliphatic heterocycles. The number of methoxy groups -OCH3 is 1. The summed E-state index contributed by atoms with van der Waals surface area (Å²) < 4.78 is 32.3. The lowest BCUT2D eigenvalue weighted by atomic mass is 9.99. The highest BCUT2D eigenvalue weighted by molar-refractivity contribution is 7.86. The van der Waals surface area contributed by atoms with Crippen LogP contribution < -0.4 is 0 Å². The normalized spacial score (nSPS) is 24.3. The van der Waals surface area contributed by atoms with Crippen molar-refractivity contribution in [3.05, 3.63) is 0 Å². The van der Waals surface area contributed by atoms with Crippen LogP contribution in [-0.2, 0) is 19.7 Å². The van der Waals surface area contributed by atoms with Gasteiger partial charge >= 0.3 is 5.97 Å². The van der Waals surface area contributed by atoms with E-state index in [1.54, 1.807) is 4.31 Å². The number of ether oxygens (including phenoxy) is 1. The van der Waals surface area contributed by atoms with E-state index >= 15 is 0 Å². The Labute approximate surface area is 108 Å². The zero-order valence-corrected chi connectivity index (χ0v) is 11.5. The molecule has 2 fully saturated rings. The Hall–Kier alpha value is -0.660. The lowest BCUT2D eigenvalue weighted by Crippen LogP contribution is -2.47. The molecule has 18 heavy (non-hydrogen) atoms. The van der Waals surface area contributed by atoms with Gasteiger partial charge in [0.2, 0.25) is 0 Å². The number of piperidine rings is 1. The van der Waals surface area contributed by atoms with E-state index in [1.165, 1.54) is 11.4 Å². The van der Waals surface area contributed by atoms with Crippen LogP contribution in [-0.4, -0.2) is 56.3 Å². The van der Waals surface area contributed by atoms with Crippen molar-refractivity contribution >= 4 is 16.2 Å². The number of esters is 1. The quantitative estimate of drug-likeness (QED) is 0.691. The maximum Gasteiger partial charge on any atom is 0.308 e. The van der Waals surface area contributed by atoms with E-state index in [9.17, 15) is 13.2 Å². The summed E-state index contributed by atoms with van der Waals surface area (Å²) in [6, 6.07) is 0. The molecule has 0 atom stereocenters. The van der Waals surface area contributed by atoms with Crippen LogP contribution in [0.1, 0.15) is 25.7 Å². The van der Waals surface area contributed by atoms with Crippen molar-refractivity contribution in [2.24, 2.45) is 5.92 Å². The van der Waals surface area contributed by atoms with Crippen LogP contribution in [0.25, 0.3) is 0 Å². The van der Waals surface area contributed by atoms with Crippen LogP contribution in [0.15, 0.2) is 0 Å². The molecule has 0 N–H and O–H groups in total. The number of nitrogens with zero attached hydrogens (tertiary/aromatic N) is 2. The monoisotopic (exact) mass is 276 g/mol. The Bertz CT molecular complexity index is 395. The molecule has 0 radical (unpaired) electrons. The third-order valence-corrected chi connectivity index (χ3v) is 5.74. The van der Waals surface area contributed by atoms with Crippen molar-refractivity contribution in [1.82, 2.24) is 8.61 Å². The maximum atomic E-state index is 12.3. The first-order chi connectivity index (χ1) is 8.55. The van der Waals surface area contributed by atoms with Crippen molar-refractivity contribution in [1.29, 1.82) is 0 Å². The molecular weight excluding hydrogens is 256 g/mol. The van der Waals surface area contributed by atoms with Crippen molar-refractivity contribution in [2.75, 3.05) is 33.3 Å². The second-order valence-electron chi connectivity index (χ2n) is 4.81. The first-order valence-electron chi connectivity index (χ1n) is 6.39. The largest absolute Gasteiger partial charge is 0.469 e. The predicted octanol–water partition coefficient (Wildman–Crippen LogP) is 0.212. The number of carbonyl (C=O) groups is 1. The zero-order chi connectivity index (χ0) is 13.2. The molecule has 0 unspecified atom stereocenters. The van der Waals surface area contributed by atoms with Gasteiger partial charge in [-0.2, -0.15) is 17.0 Å². The molecule has 0 saturated carbocycles. The van der Waals surface area contributed by atoms with Gasteiger partial charge in [-0.3, -0.25) is 4.79 Å². The van der Waals surface area contributed by atoms with Crippen LogP contribution in [0, 0.1) is 5.92 Å². The standard InChI is InChI=1S/C11H20N2O4S/c1-17-11(14)10-4-8-13(9-5-10)18(15,16)12-6-2-3-7-12/h10H,2-9H2,1H3. The van der Waals surface area contributed by atoms with Crippen LogP contribution in [0.5, 0.6) is 0 Å². The third-order valence-electron chi connectivity index (χ3n) is 3.71. The number of carbonyl (C=O) groups excluding carboxylic acids is 1. The molecule has 0 amide bonds. The summed E-state index contributed by atoms with van der Waals surface area (Å²) in [6.07, 6.45) is 3.00. The number of hydrogen-bond donors (Lipinski definition) is 0. The molecule has 0 aromatic carbocycles. The fourth-order valence-electron chi connectivity index (χ4n) is 2.57. The first-order valence-corrected chi connectivity index (χ1v) is 7.78. The van der Waals surface area contributed by atoms with Crippen LogP contribution >= 0.6 is 0 Å². The Morgan fingerprint density at radius 2 is 1.56 bits per heavy atom. The van der Waals surface area contributed by atoms with E-state index < -0.39 is 10.2 Å². The molecule has 6 nitrogen and oxygen atoms in total. The van der Waals surface area contributed by atoms with Crippen LogP contribution in [0.4, 0.5) is 0 Å². The Balaban J connectivity index is 1.94. The SMILES string of the molecule is COC(=O)C1CCN(S(=O)(=O)N2CCCC2)CC1. The first kappa shape index (κ1) is 13.8. The zero-order valence-electron chi connectivity index (χ0n) is 10.7. The molecule has 2 saturated heterocycles. The molecule has 2 heterocycles. The van der Waals surface area contributed by atoms with Gasteiger partial charge in [0.05, 0.1) is 13.0 Å². The molecular formula is C11H20N2O4S. The third kappa shape index (κ3) is 2.67. The fraction of sp³-hybridized carbons (Fsp3) is 0.909. The topological polar surface area (TPSA) is 66.9 Å². The summed E-state index contributed by atoms with van der Waals surface area (Å²) in [4.78, 5) is 11.4. The molecule has 0 bridgehead atoms. The van der Waals surface area contributed by atoms with Gasteiger partial charge in [0.15, 0.2) is 0 Å². The highest BCUT2D eigenvalue weighted by atomic mass is 32.2. The second-order valence-corrected chi connectivity index (χ2v) is 6.74. The summed E-state index contributed by atoms with van der Waals surface area (Å²) in [5, 5.41) is 0. The summed E-state index contributed by atoms with van der Waals surface area (Å²) in [5.74, 6) is -0.381. The average molecular weight is 276 g/mol. The fourth-order valence-corrected chi connectivity index (χ4v) is 4.29. The minimum Gasteiger partial charge on any atom is -0.469 e. The Morgan fingerprint density at radius 1 is 1.06 bits per heavy atom. The van der Waals surface area contributed by atoms with Gasteiger partial charge in [-0.25, -0.2) is 0 Å². The molecule has 7 heteroatoms. The van der Waals surface area contributed by atoms with Crippen molar-refractivity contribution in [2.45, 2.75) is 25.7 Å². The van der Waals surface area contributed by atoms with Gasteiger partial charge in [0.25, 0.3) is 10.2 Å². The maximum absolute atomic E-state index is 12.3. The summed E-state index contributed by atoms with van der Waals surface area (Å²) in [5.41, 5.74) is 0. The summed E-state index contributed by atoms with van der Waals surface area (Å²) in [7, 11) is -1.93. The summed E-state index contributed by atoms with van der Waals surface area (Å²) in [6.45, 7) is 2.08. The van der Waals surface area contributed by atoms with E-state index in [2.05, 4.69) is 0 Å². The molecule has 2 aliphatic rings. The van der Waals surface area contributed by atoms with Crippen LogP contribution in [0.3, 0.4) is 0 Å². The molecule has 0 spiro atoms. The van der Waals surface area contributed by atoms with E-state index in [0.717, 1.165) is 12.8 Å². The molecule has 104 valence electrons. The van der Waals surface area contributed by atoms with Gasteiger partial charge in [-0.15, -0.1) is 0 Å². The molecule has 0 aliphatic carbocycles. The van der Waals surface area contributed by atoms with E-state index in [1.807, 2.05) is 0 Å². The van der Waals surface area contributed by atoms with Gasteiger partial charge in [0, 0.05) is 26.2 Å². The second kappa shape index (κ2) is 5.54. The Morgan fingerprint density at radius 3 is 2.06 bits per heavy atom. The summed E-state index contributed by atoms with van der Waals surface area (Å²) >= 11 is 0. The van der Waals surface area contributed by atoms with Crippen molar-refractivity contribution < 1.29 is 17.9 Å². The van der Waals surface area contributed by atoms with Gasteiger partial charge < -0.3 is 4.74 Å². The van der Waals surface area contributed by atoms with E-state index in [-0.39, 0.29) is 11.9 Å². The predicted molar refractivity (Wildman–Crippen MR) is 66.0 cm³/mol. The Kier molecular flexibility index (Phi) is 4.24. The lowest BCUT2D eigenvalue weighted by molar-refractivity contribution is -0.146. The molecule has 0 aromatic heterocycles. The number of rotatable bonds is 3. The average Bonchev–Trinajstić information content (AvgIpc) is 2.92. The highest BCUT2D eigenvalue weighted by Crippen LogP contribution is 2.24. The van der Waals surface area contributed by atoms with E-state index in [0.29, 0.717) is 39.0 Å². The van der Waals surface area contributed by atoms with Gasteiger partial charge in [-0.1, -0.05) is 0 Å². The lowest BCUT2D eigenvalue weighted by Gasteiger charge is -2.32. The minimum absolute atomic E-state index is 0.153. The van der Waals surface area contributed by atoms with E-state index in [4.69, 9.17) is 4.74 Å². The van der Waals surface area contributed by atoms with Gasteiger partial charge in [0.1, 0.15) is 0 Å². The van der Waals surface area contributed by atoms with Crippen LogP contribution in [0.2, 0.25) is 0 Å². The minimum atomic E-state index is -3.30. The van der Waals surface area contributed by atoms with Crippen molar-refractivity contribution in [3.63, 3.8) is 0 Å². The van der Waals surface area contributed by atoms with Crippen molar-refractivity contribution in [3.8, 4) is 0 Å². The highest BCUT2D eigenvalue weighted by Gasteiger charge is 2.35.